The third kappa shape index (κ3) is 2.44. The Hall–Kier alpha value is -2.44. The van der Waals surface area contributed by atoms with Crippen molar-refractivity contribution in [2.24, 2.45) is 0 Å². The SMILES string of the molecule is CCc1nc(C(C)C)n2c(=O)n(Cc3c(C)noc3C)nc2c1C. The molecule has 0 aliphatic heterocycles. The van der Waals surface area contributed by atoms with Crippen molar-refractivity contribution in [1.82, 2.24) is 24.3 Å². The lowest BCUT2D eigenvalue weighted by molar-refractivity contribution is 0.391. The highest BCUT2D eigenvalue weighted by molar-refractivity contribution is 5.49. The molecule has 0 N–H and O–H groups in total. The van der Waals surface area contributed by atoms with Crippen LogP contribution in [0.5, 0.6) is 0 Å². The predicted octanol–water partition coefficient (Wildman–Crippen LogP) is 2.54. The standard InChI is InChI=1S/C17H23N5O2/c1-7-14-10(4)16-19-21(8-13-11(5)20-24-12(13)6)17(23)22(16)15(18-14)9(2)3/h9H,7-8H2,1-6H3. The van der Waals surface area contributed by atoms with Crippen LogP contribution in [0, 0.1) is 20.8 Å². The van der Waals surface area contributed by atoms with E-state index in [2.05, 4.69) is 17.2 Å². The molecule has 0 atom stereocenters. The largest absolute Gasteiger partial charge is 0.361 e. The minimum Gasteiger partial charge on any atom is -0.361 e. The van der Waals surface area contributed by atoms with E-state index in [0.29, 0.717) is 18.0 Å². The fraction of sp³-hybridized carbons (Fsp3) is 0.529. The van der Waals surface area contributed by atoms with Gasteiger partial charge in [0, 0.05) is 22.7 Å². The summed E-state index contributed by atoms with van der Waals surface area (Å²) in [4.78, 5) is 17.6. The molecule has 0 fully saturated rings. The molecule has 128 valence electrons. The van der Waals surface area contributed by atoms with Crippen molar-refractivity contribution in [3.05, 3.63) is 44.6 Å². The Morgan fingerprint density at radius 1 is 1.21 bits per heavy atom. The molecule has 0 aliphatic rings. The third-order valence-corrected chi connectivity index (χ3v) is 4.43. The van der Waals surface area contributed by atoms with E-state index in [9.17, 15) is 4.79 Å². The number of aromatic nitrogens is 5. The van der Waals surface area contributed by atoms with Gasteiger partial charge in [-0.25, -0.2) is 18.9 Å². The second-order valence-corrected chi connectivity index (χ2v) is 6.45. The van der Waals surface area contributed by atoms with Gasteiger partial charge < -0.3 is 4.52 Å². The van der Waals surface area contributed by atoms with Crippen molar-refractivity contribution in [1.29, 1.82) is 0 Å². The summed E-state index contributed by atoms with van der Waals surface area (Å²) < 4.78 is 8.30. The molecule has 0 aliphatic carbocycles. The summed E-state index contributed by atoms with van der Waals surface area (Å²) in [6, 6.07) is 0. The normalized spacial score (nSPS) is 11.8. The molecule has 0 unspecified atom stereocenters. The van der Waals surface area contributed by atoms with E-state index < -0.39 is 0 Å². The zero-order chi connectivity index (χ0) is 17.6. The fourth-order valence-electron chi connectivity index (χ4n) is 2.97. The van der Waals surface area contributed by atoms with E-state index in [4.69, 9.17) is 9.51 Å². The number of nitrogens with zero attached hydrogens (tertiary/aromatic N) is 5. The summed E-state index contributed by atoms with van der Waals surface area (Å²) in [7, 11) is 0. The van der Waals surface area contributed by atoms with Crippen molar-refractivity contribution in [3.63, 3.8) is 0 Å². The zero-order valence-electron chi connectivity index (χ0n) is 15.0. The molecule has 7 nitrogen and oxygen atoms in total. The fourth-order valence-corrected chi connectivity index (χ4v) is 2.97. The zero-order valence-corrected chi connectivity index (χ0v) is 15.0. The van der Waals surface area contributed by atoms with Gasteiger partial charge in [-0.1, -0.05) is 25.9 Å². The Morgan fingerprint density at radius 2 is 1.92 bits per heavy atom. The van der Waals surface area contributed by atoms with Crippen LogP contribution < -0.4 is 5.69 Å². The van der Waals surface area contributed by atoms with Crippen LogP contribution in [-0.2, 0) is 13.0 Å². The van der Waals surface area contributed by atoms with E-state index in [1.54, 1.807) is 4.40 Å². The molecule has 3 rings (SSSR count). The average Bonchev–Trinajstić information content (AvgIpc) is 3.03. The minimum atomic E-state index is -0.174. The Morgan fingerprint density at radius 3 is 2.46 bits per heavy atom. The topological polar surface area (TPSA) is 78.2 Å². The molecule has 0 saturated heterocycles. The second kappa shape index (κ2) is 5.89. The van der Waals surface area contributed by atoms with Gasteiger partial charge in [0.2, 0.25) is 0 Å². The van der Waals surface area contributed by atoms with Gasteiger partial charge in [0.1, 0.15) is 11.6 Å². The Bertz CT molecular complexity index is 942. The van der Waals surface area contributed by atoms with Crippen LogP contribution >= 0.6 is 0 Å². The molecular formula is C17H23N5O2. The second-order valence-electron chi connectivity index (χ2n) is 6.45. The highest BCUT2D eigenvalue weighted by Gasteiger charge is 2.20. The van der Waals surface area contributed by atoms with E-state index in [1.165, 1.54) is 4.68 Å². The van der Waals surface area contributed by atoms with Crippen molar-refractivity contribution in [2.75, 3.05) is 0 Å². The molecule has 3 aromatic rings. The summed E-state index contributed by atoms with van der Waals surface area (Å²) in [6.07, 6.45) is 0.812. The smallest absolute Gasteiger partial charge is 0.352 e. The van der Waals surface area contributed by atoms with Crippen molar-refractivity contribution in [2.45, 2.75) is 60.4 Å². The first-order valence-electron chi connectivity index (χ1n) is 8.25. The Labute approximate surface area is 140 Å². The van der Waals surface area contributed by atoms with E-state index in [1.807, 2.05) is 34.6 Å². The van der Waals surface area contributed by atoms with Crippen LogP contribution in [0.15, 0.2) is 9.32 Å². The lowest BCUT2D eigenvalue weighted by atomic mass is 10.1. The number of rotatable bonds is 4. The van der Waals surface area contributed by atoms with Gasteiger partial charge in [-0.2, -0.15) is 0 Å². The van der Waals surface area contributed by atoms with Gasteiger partial charge in [-0.3, -0.25) is 0 Å². The van der Waals surface area contributed by atoms with Gasteiger partial charge in [-0.15, -0.1) is 5.10 Å². The lowest BCUT2D eigenvalue weighted by Gasteiger charge is -2.11. The highest BCUT2D eigenvalue weighted by atomic mass is 16.5. The first-order valence-corrected chi connectivity index (χ1v) is 8.25. The number of hydrogen-bond donors (Lipinski definition) is 0. The molecule has 0 bridgehead atoms. The maximum atomic E-state index is 12.9. The molecule has 0 saturated carbocycles. The van der Waals surface area contributed by atoms with Crippen molar-refractivity contribution < 1.29 is 4.52 Å². The summed E-state index contributed by atoms with van der Waals surface area (Å²) in [5.74, 6) is 1.60. The molecule has 0 aromatic carbocycles. The maximum Gasteiger partial charge on any atom is 0.352 e. The number of hydrogen-bond acceptors (Lipinski definition) is 5. The molecule has 0 amide bonds. The summed E-state index contributed by atoms with van der Waals surface area (Å²) in [6.45, 7) is 12.2. The summed E-state index contributed by atoms with van der Waals surface area (Å²) >= 11 is 0. The highest BCUT2D eigenvalue weighted by Crippen LogP contribution is 2.19. The van der Waals surface area contributed by atoms with E-state index >= 15 is 0 Å². The van der Waals surface area contributed by atoms with Gasteiger partial charge >= 0.3 is 5.69 Å². The lowest BCUT2D eigenvalue weighted by Crippen LogP contribution is -2.25. The van der Waals surface area contributed by atoms with Crippen molar-refractivity contribution in [3.8, 4) is 0 Å². The van der Waals surface area contributed by atoms with Crippen LogP contribution in [0.3, 0.4) is 0 Å². The van der Waals surface area contributed by atoms with E-state index in [-0.39, 0.29) is 11.6 Å². The van der Waals surface area contributed by atoms with Gasteiger partial charge in [0.15, 0.2) is 5.65 Å². The predicted molar refractivity (Wildman–Crippen MR) is 90.5 cm³/mol. The maximum absolute atomic E-state index is 12.9. The Balaban J connectivity index is 2.25. The van der Waals surface area contributed by atoms with Gasteiger partial charge in [-0.05, 0) is 27.2 Å². The summed E-state index contributed by atoms with van der Waals surface area (Å²) in [5, 5.41) is 8.53. The van der Waals surface area contributed by atoms with Crippen LogP contribution in [-0.4, -0.2) is 24.3 Å². The van der Waals surface area contributed by atoms with Gasteiger partial charge in [0.05, 0.1) is 12.2 Å². The van der Waals surface area contributed by atoms with Crippen molar-refractivity contribution >= 4 is 5.65 Å². The molecule has 3 aromatic heterocycles. The average molecular weight is 329 g/mol. The molecule has 24 heavy (non-hydrogen) atoms. The molecule has 3 heterocycles. The van der Waals surface area contributed by atoms with Crippen LogP contribution in [0.4, 0.5) is 0 Å². The number of fused-ring (bicyclic) bond motifs is 1. The number of aryl methyl sites for hydroxylation is 4. The third-order valence-electron chi connectivity index (χ3n) is 4.43. The van der Waals surface area contributed by atoms with E-state index in [0.717, 1.165) is 34.8 Å². The molecule has 0 radical (unpaired) electrons. The summed E-state index contributed by atoms with van der Waals surface area (Å²) in [5.41, 5.74) is 4.13. The quantitative estimate of drug-likeness (QED) is 0.735. The molecule has 0 spiro atoms. The first kappa shape index (κ1) is 16.4. The minimum absolute atomic E-state index is 0.132. The van der Waals surface area contributed by atoms with Gasteiger partial charge in [0.25, 0.3) is 0 Å². The first-order chi connectivity index (χ1) is 11.3. The Kier molecular flexibility index (Phi) is 4.03. The molecule has 7 heteroatoms. The van der Waals surface area contributed by atoms with Crippen LogP contribution in [0.1, 0.15) is 60.8 Å². The monoisotopic (exact) mass is 329 g/mol. The van der Waals surface area contributed by atoms with Crippen LogP contribution in [0.2, 0.25) is 0 Å². The molecular weight excluding hydrogens is 306 g/mol. The van der Waals surface area contributed by atoms with Crippen LogP contribution in [0.25, 0.3) is 5.65 Å².